The van der Waals surface area contributed by atoms with Crippen molar-refractivity contribution in [2.45, 2.75) is 76.6 Å². The van der Waals surface area contributed by atoms with Gasteiger partial charge >= 0.3 is 0 Å². The van der Waals surface area contributed by atoms with Crippen LogP contribution in [0.4, 0.5) is 0 Å². The van der Waals surface area contributed by atoms with E-state index < -0.39 is 0 Å². The lowest BCUT2D eigenvalue weighted by atomic mass is 9.77. The SMILES string of the molecule is CC1CCCC2(C1)O/C(=C\c1ccccc1)C1(CCCC(C)C1)O2. The standard InChI is InChI=1S/C22H30O2/c1-17-8-6-12-21(15-17)20(14-19-10-4-3-5-11-19)23-22(24-21)13-7-9-18(2)16-22/h3-5,10-11,14,17-18H,6-9,12-13,15-16H2,1-2H3/b20-14-. The number of benzene rings is 1. The highest BCUT2D eigenvalue weighted by Gasteiger charge is 2.56. The molecule has 1 saturated heterocycles. The summed E-state index contributed by atoms with van der Waals surface area (Å²) in [5.74, 6) is 2.12. The molecule has 1 aliphatic heterocycles. The van der Waals surface area contributed by atoms with E-state index in [1.165, 1.54) is 31.2 Å². The number of hydrogen-bond donors (Lipinski definition) is 0. The summed E-state index contributed by atoms with van der Waals surface area (Å²) >= 11 is 0. The van der Waals surface area contributed by atoms with Gasteiger partial charge in [0, 0.05) is 12.8 Å². The van der Waals surface area contributed by atoms with Crippen LogP contribution < -0.4 is 0 Å². The lowest BCUT2D eigenvalue weighted by Crippen LogP contribution is -2.42. The van der Waals surface area contributed by atoms with Gasteiger partial charge in [-0.2, -0.15) is 0 Å². The summed E-state index contributed by atoms with van der Waals surface area (Å²) in [5.41, 5.74) is 1.03. The van der Waals surface area contributed by atoms with Crippen LogP contribution in [0.5, 0.6) is 0 Å². The third-order valence-corrected chi connectivity index (χ3v) is 6.09. The Morgan fingerprint density at radius 3 is 2.38 bits per heavy atom. The molecule has 2 heteroatoms. The van der Waals surface area contributed by atoms with Gasteiger partial charge in [-0.25, -0.2) is 0 Å². The summed E-state index contributed by atoms with van der Waals surface area (Å²) in [6.45, 7) is 4.70. The molecule has 0 aromatic heterocycles. The van der Waals surface area contributed by atoms with Gasteiger partial charge in [0.1, 0.15) is 11.4 Å². The first kappa shape index (κ1) is 16.2. The highest BCUT2D eigenvalue weighted by molar-refractivity contribution is 5.54. The molecule has 1 aromatic carbocycles. The molecule has 0 amide bonds. The van der Waals surface area contributed by atoms with Crippen molar-refractivity contribution in [3.05, 3.63) is 41.7 Å². The third kappa shape index (κ3) is 3.01. The number of rotatable bonds is 1. The molecule has 130 valence electrons. The summed E-state index contributed by atoms with van der Waals surface area (Å²) < 4.78 is 13.5. The van der Waals surface area contributed by atoms with Gasteiger partial charge in [-0.1, -0.05) is 57.0 Å². The van der Waals surface area contributed by atoms with Gasteiger partial charge in [-0.15, -0.1) is 0 Å². The molecule has 2 saturated carbocycles. The Hall–Kier alpha value is -1.28. The Kier molecular flexibility index (Phi) is 4.20. The Morgan fingerprint density at radius 1 is 0.958 bits per heavy atom. The molecule has 2 aliphatic carbocycles. The topological polar surface area (TPSA) is 18.5 Å². The molecule has 4 unspecified atom stereocenters. The monoisotopic (exact) mass is 326 g/mol. The van der Waals surface area contributed by atoms with Crippen LogP contribution in [-0.2, 0) is 9.47 Å². The van der Waals surface area contributed by atoms with E-state index in [2.05, 4.69) is 50.3 Å². The first-order chi connectivity index (χ1) is 11.6. The van der Waals surface area contributed by atoms with Crippen molar-refractivity contribution in [2.24, 2.45) is 11.8 Å². The third-order valence-electron chi connectivity index (χ3n) is 6.09. The van der Waals surface area contributed by atoms with Crippen LogP contribution in [0, 0.1) is 11.8 Å². The molecule has 4 rings (SSSR count). The number of hydrogen-bond acceptors (Lipinski definition) is 2. The van der Waals surface area contributed by atoms with Crippen molar-refractivity contribution < 1.29 is 9.47 Å². The van der Waals surface area contributed by atoms with Crippen molar-refractivity contribution in [3.8, 4) is 0 Å². The van der Waals surface area contributed by atoms with Crippen LogP contribution >= 0.6 is 0 Å². The van der Waals surface area contributed by atoms with Gasteiger partial charge in [0.05, 0.1) is 0 Å². The fourth-order valence-electron chi connectivity index (χ4n) is 5.04. The molecule has 2 spiro atoms. The maximum Gasteiger partial charge on any atom is 0.211 e. The van der Waals surface area contributed by atoms with Gasteiger partial charge in [0.15, 0.2) is 0 Å². The Labute approximate surface area is 146 Å². The van der Waals surface area contributed by atoms with Crippen LogP contribution in [0.15, 0.2) is 36.1 Å². The average Bonchev–Trinajstić information content (AvgIpc) is 2.80. The predicted molar refractivity (Wildman–Crippen MR) is 97.3 cm³/mol. The molecule has 3 aliphatic rings. The summed E-state index contributed by atoms with van der Waals surface area (Å²) in [6.07, 6.45) is 11.6. The molecule has 0 bridgehead atoms. The van der Waals surface area contributed by atoms with Gasteiger partial charge in [0.25, 0.3) is 0 Å². The van der Waals surface area contributed by atoms with Gasteiger partial charge in [0.2, 0.25) is 5.79 Å². The lowest BCUT2D eigenvalue weighted by Gasteiger charge is -2.39. The van der Waals surface area contributed by atoms with Crippen molar-refractivity contribution in [1.82, 2.24) is 0 Å². The molecule has 0 radical (unpaired) electrons. The van der Waals surface area contributed by atoms with Crippen molar-refractivity contribution in [2.75, 3.05) is 0 Å². The summed E-state index contributed by atoms with van der Waals surface area (Å²) in [6, 6.07) is 10.6. The highest BCUT2D eigenvalue weighted by Crippen LogP contribution is 2.54. The van der Waals surface area contributed by atoms with Gasteiger partial charge < -0.3 is 9.47 Å². The maximum atomic E-state index is 6.85. The molecular weight excluding hydrogens is 296 g/mol. The lowest BCUT2D eigenvalue weighted by molar-refractivity contribution is -0.216. The zero-order chi connectivity index (χ0) is 16.6. The van der Waals surface area contributed by atoms with Gasteiger partial charge in [-0.05, 0) is 49.2 Å². The fourth-order valence-corrected chi connectivity index (χ4v) is 5.04. The molecule has 24 heavy (non-hydrogen) atoms. The second-order valence-corrected chi connectivity index (χ2v) is 8.43. The minimum absolute atomic E-state index is 0.190. The molecule has 3 fully saturated rings. The highest BCUT2D eigenvalue weighted by atomic mass is 16.8. The second kappa shape index (κ2) is 6.22. The molecule has 0 N–H and O–H groups in total. The molecule has 2 nitrogen and oxygen atoms in total. The summed E-state index contributed by atoms with van der Waals surface area (Å²) in [7, 11) is 0. The average molecular weight is 326 g/mol. The van der Waals surface area contributed by atoms with Crippen LogP contribution in [0.2, 0.25) is 0 Å². The molecular formula is C22H30O2. The van der Waals surface area contributed by atoms with E-state index >= 15 is 0 Å². The van der Waals surface area contributed by atoms with Crippen LogP contribution in [0.1, 0.15) is 70.8 Å². The largest absolute Gasteiger partial charge is 0.464 e. The van der Waals surface area contributed by atoms with Crippen molar-refractivity contribution in [3.63, 3.8) is 0 Å². The van der Waals surface area contributed by atoms with E-state index in [4.69, 9.17) is 9.47 Å². The minimum atomic E-state index is -0.366. The maximum absolute atomic E-state index is 6.85. The van der Waals surface area contributed by atoms with E-state index in [1.54, 1.807) is 0 Å². The quantitative estimate of drug-likeness (QED) is 0.637. The van der Waals surface area contributed by atoms with E-state index in [9.17, 15) is 0 Å². The fraction of sp³-hybridized carbons (Fsp3) is 0.636. The summed E-state index contributed by atoms with van der Waals surface area (Å²) in [4.78, 5) is 0. The van der Waals surface area contributed by atoms with Crippen LogP contribution in [-0.4, -0.2) is 11.4 Å². The Bertz CT molecular complexity index is 608. The van der Waals surface area contributed by atoms with Crippen LogP contribution in [0.3, 0.4) is 0 Å². The van der Waals surface area contributed by atoms with Gasteiger partial charge in [-0.3, -0.25) is 0 Å². The van der Waals surface area contributed by atoms with Crippen molar-refractivity contribution in [1.29, 1.82) is 0 Å². The first-order valence-electron chi connectivity index (χ1n) is 9.76. The molecule has 4 atom stereocenters. The minimum Gasteiger partial charge on any atom is -0.464 e. The smallest absolute Gasteiger partial charge is 0.211 e. The van der Waals surface area contributed by atoms with E-state index in [-0.39, 0.29) is 11.4 Å². The molecule has 1 heterocycles. The molecule has 1 aromatic rings. The summed E-state index contributed by atoms with van der Waals surface area (Å²) in [5, 5.41) is 0. The first-order valence-corrected chi connectivity index (χ1v) is 9.76. The predicted octanol–water partition coefficient (Wildman–Crippen LogP) is 5.93. The zero-order valence-electron chi connectivity index (χ0n) is 15.1. The Morgan fingerprint density at radius 2 is 1.67 bits per heavy atom. The van der Waals surface area contributed by atoms with E-state index in [0.717, 1.165) is 31.4 Å². The second-order valence-electron chi connectivity index (χ2n) is 8.43. The normalized spacial score (nSPS) is 41.0. The zero-order valence-corrected chi connectivity index (χ0v) is 15.1. The Balaban J connectivity index is 1.70. The number of ether oxygens (including phenoxy) is 2. The van der Waals surface area contributed by atoms with Crippen molar-refractivity contribution >= 4 is 6.08 Å². The van der Waals surface area contributed by atoms with Crippen LogP contribution in [0.25, 0.3) is 6.08 Å². The van der Waals surface area contributed by atoms with E-state index in [0.29, 0.717) is 11.8 Å². The van der Waals surface area contributed by atoms with E-state index in [1.807, 2.05) is 0 Å².